The van der Waals surface area contributed by atoms with E-state index in [-0.39, 0.29) is 18.5 Å². The Morgan fingerprint density at radius 2 is 2.00 bits per heavy atom. The molecule has 0 saturated heterocycles. The molecular formula is C12H16N2O3. The Morgan fingerprint density at radius 1 is 1.29 bits per heavy atom. The predicted molar refractivity (Wildman–Crippen MR) is 60.6 cm³/mol. The van der Waals surface area contributed by atoms with Crippen LogP contribution in [-0.2, 0) is 29.0 Å². The maximum Gasteiger partial charge on any atom is 0.303 e. The smallest absolute Gasteiger partial charge is 0.303 e. The number of hydrogen-bond acceptors (Lipinski definition) is 4. The van der Waals surface area contributed by atoms with Gasteiger partial charge in [-0.25, -0.2) is 4.68 Å². The van der Waals surface area contributed by atoms with Crippen molar-refractivity contribution in [2.24, 2.45) is 0 Å². The predicted octanol–water partition coefficient (Wildman–Crippen LogP) is 1.49. The maximum atomic E-state index is 11.5. The van der Waals surface area contributed by atoms with Crippen molar-refractivity contribution in [3.8, 4) is 0 Å². The monoisotopic (exact) mass is 236 g/mol. The SMILES string of the molecule is CC(=O)OCc1nn(C(C)=O)c2c1CCCC2. The zero-order valence-electron chi connectivity index (χ0n) is 10.2. The minimum atomic E-state index is -0.327. The van der Waals surface area contributed by atoms with E-state index in [9.17, 15) is 9.59 Å². The fourth-order valence-electron chi connectivity index (χ4n) is 2.22. The molecule has 5 nitrogen and oxygen atoms in total. The maximum absolute atomic E-state index is 11.5. The standard InChI is InChI=1S/C12H16N2O3/c1-8(15)14-12-6-4-3-5-10(12)11(13-14)7-17-9(2)16/h3-7H2,1-2H3. The van der Waals surface area contributed by atoms with Gasteiger partial charge in [0.1, 0.15) is 12.3 Å². The van der Waals surface area contributed by atoms with E-state index in [1.807, 2.05) is 0 Å². The number of carbonyl (C=O) groups excluding carboxylic acids is 2. The van der Waals surface area contributed by atoms with Gasteiger partial charge in [0, 0.05) is 19.4 Å². The molecule has 5 heteroatoms. The van der Waals surface area contributed by atoms with Gasteiger partial charge in [-0.15, -0.1) is 0 Å². The van der Waals surface area contributed by atoms with Crippen LogP contribution in [0.4, 0.5) is 0 Å². The summed E-state index contributed by atoms with van der Waals surface area (Å²) in [5.41, 5.74) is 2.81. The van der Waals surface area contributed by atoms with Crippen LogP contribution in [0.3, 0.4) is 0 Å². The van der Waals surface area contributed by atoms with Crippen LogP contribution in [0.15, 0.2) is 0 Å². The summed E-state index contributed by atoms with van der Waals surface area (Å²) in [5, 5.41) is 4.25. The lowest BCUT2D eigenvalue weighted by molar-refractivity contribution is -0.142. The summed E-state index contributed by atoms with van der Waals surface area (Å²) < 4.78 is 6.41. The molecule has 2 rings (SSSR count). The number of esters is 1. The van der Waals surface area contributed by atoms with Crippen molar-refractivity contribution in [3.63, 3.8) is 0 Å². The summed E-state index contributed by atoms with van der Waals surface area (Å²) in [5.74, 6) is -0.413. The summed E-state index contributed by atoms with van der Waals surface area (Å²) >= 11 is 0. The molecule has 1 aromatic rings. The topological polar surface area (TPSA) is 61.2 Å². The summed E-state index contributed by atoms with van der Waals surface area (Å²) in [6.07, 6.45) is 3.98. The van der Waals surface area contributed by atoms with E-state index >= 15 is 0 Å². The van der Waals surface area contributed by atoms with Crippen molar-refractivity contribution in [2.75, 3.05) is 0 Å². The van der Waals surface area contributed by atoms with Crippen molar-refractivity contribution >= 4 is 11.9 Å². The van der Waals surface area contributed by atoms with Gasteiger partial charge in [0.2, 0.25) is 5.91 Å². The quantitative estimate of drug-likeness (QED) is 0.730. The Bertz CT molecular complexity index is 463. The second kappa shape index (κ2) is 4.69. The molecule has 1 aliphatic carbocycles. The number of fused-ring (bicyclic) bond motifs is 1. The van der Waals surface area contributed by atoms with Gasteiger partial charge < -0.3 is 4.74 Å². The highest BCUT2D eigenvalue weighted by atomic mass is 16.5. The van der Waals surface area contributed by atoms with Crippen LogP contribution >= 0.6 is 0 Å². The van der Waals surface area contributed by atoms with E-state index in [0.29, 0.717) is 0 Å². The van der Waals surface area contributed by atoms with Gasteiger partial charge in [-0.2, -0.15) is 5.10 Å². The lowest BCUT2D eigenvalue weighted by atomic mass is 9.96. The molecule has 0 radical (unpaired) electrons. The third-order valence-corrected chi connectivity index (χ3v) is 2.97. The molecule has 92 valence electrons. The zero-order chi connectivity index (χ0) is 12.4. The van der Waals surface area contributed by atoms with Gasteiger partial charge in [0.05, 0.1) is 5.69 Å². The summed E-state index contributed by atoms with van der Waals surface area (Å²) in [7, 11) is 0. The average Bonchev–Trinajstić information content (AvgIpc) is 2.65. The molecule has 0 aromatic carbocycles. The lowest BCUT2D eigenvalue weighted by Crippen LogP contribution is -2.14. The minimum Gasteiger partial charge on any atom is -0.459 e. The largest absolute Gasteiger partial charge is 0.459 e. The Morgan fingerprint density at radius 3 is 2.65 bits per heavy atom. The highest BCUT2D eigenvalue weighted by molar-refractivity contribution is 5.76. The van der Waals surface area contributed by atoms with E-state index in [4.69, 9.17) is 4.74 Å². The number of aromatic nitrogens is 2. The molecule has 0 atom stereocenters. The Labute approximate surface area is 99.8 Å². The van der Waals surface area contributed by atoms with E-state index in [2.05, 4.69) is 5.10 Å². The number of nitrogens with zero attached hydrogens (tertiary/aromatic N) is 2. The molecule has 1 heterocycles. The molecule has 1 aromatic heterocycles. The Hall–Kier alpha value is -1.65. The van der Waals surface area contributed by atoms with Crippen LogP contribution < -0.4 is 0 Å². The molecule has 0 amide bonds. The second-order valence-electron chi connectivity index (χ2n) is 4.29. The number of carbonyl (C=O) groups is 2. The zero-order valence-corrected chi connectivity index (χ0v) is 10.2. The number of hydrogen-bond donors (Lipinski definition) is 0. The Kier molecular flexibility index (Phi) is 3.26. The molecule has 0 bridgehead atoms. The molecular weight excluding hydrogens is 220 g/mol. The lowest BCUT2D eigenvalue weighted by Gasteiger charge is -2.12. The van der Waals surface area contributed by atoms with Gasteiger partial charge in [0.25, 0.3) is 0 Å². The van der Waals surface area contributed by atoms with Crippen LogP contribution in [0.5, 0.6) is 0 Å². The van der Waals surface area contributed by atoms with Crippen LogP contribution in [-0.4, -0.2) is 21.7 Å². The van der Waals surface area contributed by atoms with Gasteiger partial charge in [-0.05, 0) is 25.7 Å². The van der Waals surface area contributed by atoms with Crippen molar-refractivity contribution in [1.82, 2.24) is 9.78 Å². The van der Waals surface area contributed by atoms with Crippen molar-refractivity contribution in [3.05, 3.63) is 17.0 Å². The van der Waals surface area contributed by atoms with Crippen LogP contribution in [0.2, 0.25) is 0 Å². The molecule has 1 aliphatic rings. The van der Waals surface area contributed by atoms with Crippen LogP contribution in [0.1, 0.15) is 48.4 Å². The first-order chi connectivity index (χ1) is 8.09. The fraction of sp³-hybridized carbons (Fsp3) is 0.583. The molecule has 17 heavy (non-hydrogen) atoms. The highest BCUT2D eigenvalue weighted by Gasteiger charge is 2.22. The van der Waals surface area contributed by atoms with E-state index < -0.39 is 0 Å². The summed E-state index contributed by atoms with van der Waals surface area (Å²) in [6, 6.07) is 0. The third-order valence-electron chi connectivity index (χ3n) is 2.97. The van der Waals surface area contributed by atoms with Crippen molar-refractivity contribution in [2.45, 2.75) is 46.1 Å². The first-order valence-corrected chi connectivity index (χ1v) is 5.83. The molecule has 0 unspecified atom stereocenters. The van der Waals surface area contributed by atoms with Gasteiger partial charge in [0.15, 0.2) is 0 Å². The Balaban J connectivity index is 2.32. The second-order valence-corrected chi connectivity index (χ2v) is 4.29. The summed E-state index contributed by atoms with van der Waals surface area (Å²) in [6.45, 7) is 3.03. The van der Waals surface area contributed by atoms with Crippen molar-refractivity contribution in [1.29, 1.82) is 0 Å². The average molecular weight is 236 g/mol. The first-order valence-electron chi connectivity index (χ1n) is 5.83. The molecule has 0 spiro atoms. The molecule has 0 fully saturated rings. The third kappa shape index (κ3) is 2.38. The number of ether oxygens (including phenoxy) is 1. The number of rotatable bonds is 2. The van der Waals surface area contributed by atoms with Gasteiger partial charge in [-0.3, -0.25) is 9.59 Å². The highest BCUT2D eigenvalue weighted by Crippen LogP contribution is 2.24. The summed E-state index contributed by atoms with van der Waals surface area (Å²) in [4.78, 5) is 22.3. The normalized spacial score (nSPS) is 14.2. The molecule has 0 saturated carbocycles. The van der Waals surface area contributed by atoms with Gasteiger partial charge in [-0.1, -0.05) is 0 Å². The van der Waals surface area contributed by atoms with E-state index in [1.165, 1.54) is 18.5 Å². The van der Waals surface area contributed by atoms with Crippen LogP contribution in [0.25, 0.3) is 0 Å². The van der Waals surface area contributed by atoms with E-state index in [1.54, 1.807) is 0 Å². The molecule has 0 aliphatic heterocycles. The molecule has 0 N–H and O–H groups in total. The first kappa shape index (κ1) is 11.8. The van der Waals surface area contributed by atoms with E-state index in [0.717, 1.165) is 42.6 Å². The minimum absolute atomic E-state index is 0.0859. The fourth-order valence-corrected chi connectivity index (χ4v) is 2.22. The van der Waals surface area contributed by atoms with Gasteiger partial charge >= 0.3 is 5.97 Å². The van der Waals surface area contributed by atoms with Crippen molar-refractivity contribution < 1.29 is 14.3 Å². The van der Waals surface area contributed by atoms with Crippen LogP contribution in [0, 0.1) is 0 Å².